The van der Waals surface area contributed by atoms with Crippen molar-refractivity contribution in [3.8, 4) is 11.5 Å². The van der Waals surface area contributed by atoms with Gasteiger partial charge in [0, 0.05) is 11.1 Å². The Labute approximate surface area is 170 Å². The Morgan fingerprint density at radius 1 is 1.18 bits per heavy atom. The van der Waals surface area contributed by atoms with E-state index in [1.807, 2.05) is 0 Å². The van der Waals surface area contributed by atoms with Crippen molar-refractivity contribution in [1.82, 2.24) is 10.4 Å². The molecule has 2 amide bonds. The van der Waals surface area contributed by atoms with Gasteiger partial charge in [0.25, 0.3) is 11.8 Å². The zero-order chi connectivity index (χ0) is 20.3. The SMILES string of the molecule is COc1cccc(/C=C2/SC(=S)N(NC(=O)c3ccc(F)cc3)C2=O)c1OC. The molecular formula is C19H15FN2O4S2. The van der Waals surface area contributed by atoms with Gasteiger partial charge in [-0.3, -0.25) is 15.0 Å². The van der Waals surface area contributed by atoms with Crippen molar-refractivity contribution < 1.29 is 23.5 Å². The molecule has 3 rings (SSSR count). The topological polar surface area (TPSA) is 67.9 Å². The third-order valence-electron chi connectivity index (χ3n) is 3.83. The molecule has 0 unspecified atom stereocenters. The molecule has 0 atom stereocenters. The largest absolute Gasteiger partial charge is 0.493 e. The molecule has 0 aliphatic carbocycles. The van der Waals surface area contributed by atoms with Crippen molar-refractivity contribution >= 4 is 46.2 Å². The average Bonchev–Trinajstić information content (AvgIpc) is 2.95. The fourth-order valence-electron chi connectivity index (χ4n) is 2.50. The minimum atomic E-state index is -0.573. The third kappa shape index (κ3) is 4.00. The highest BCUT2D eigenvalue weighted by atomic mass is 32.2. The van der Waals surface area contributed by atoms with Gasteiger partial charge in [0.1, 0.15) is 5.82 Å². The van der Waals surface area contributed by atoms with E-state index >= 15 is 0 Å². The van der Waals surface area contributed by atoms with Crippen LogP contribution in [0.4, 0.5) is 4.39 Å². The first-order chi connectivity index (χ1) is 13.4. The van der Waals surface area contributed by atoms with E-state index in [0.29, 0.717) is 22.0 Å². The number of thioether (sulfide) groups is 1. The van der Waals surface area contributed by atoms with Gasteiger partial charge in [-0.05, 0) is 48.6 Å². The van der Waals surface area contributed by atoms with Crippen LogP contribution in [0.25, 0.3) is 6.08 Å². The van der Waals surface area contributed by atoms with Crippen LogP contribution in [0.2, 0.25) is 0 Å². The number of benzene rings is 2. The zero-order valence-corrected chi connectivity index (χ0v) is 16.5. The molecule has 1 fully saturated rings. The summed E-state index contributed by atoms with van der Waals surface area (Å²) < 4.78 is 23.8. The van der Waals surface area contributed by atoms with Crippen molar-refractivity contribution in [1.29, 1.82) is 0 Å². The summed E-state index contributed by atoms with van der Waals surface area (Å²) in [4.78, 5) is 25.3. The van der Waals surface area contributed by atoms with E-state index in [1.54, 1.807) is 24.3 Å². The Bertz CT molecular complexity index is 976. The highest BCUT2D eigenvalue weighted by Gasteiger charge is 2.34. The minimum absolute atomic E-state index is 0.175. The number of para-hydroxylation sites is 1. The maximum atomic E-state index is 13.0. The number of thiocarbonyl (C=S) groups is 1. The molecule has 0 saturated carbocycles. The lowest BCUT2D eigenvalue weighted by molar-refractivity contribution is -0.123. The third-order valence-corrected chi connectivity index (χ3v) is 5.14. The van der Waals surface area contributed by atoms with Crippen LogP contribution in [-0.2, 0) is 4.79 Å². The number of carbonyl (C=O) groups excluding carboxylic acids is 2. The number of hydrogen-bond acceptors (Lipinski definition) is 6. The van der Waals surface area contributed by atoms with Crippen LogP contribution in [0.3, 0.4) is 0 Å². The Hall–Kier alpha value is -2.91. The molecule has 6 nitrogen and oxygen atoms in total. The van der Waals surface area contributed by atoms with E-state index in [0.717, 1.165) is 28.9 Å². The van der Waals surface area contributed by atoms with E-state index in [2.05, 4.69) is 5.43 Å². The first-order valence-electron chi connectivity index (χ1n) is 8.00. The number of hydrogen-bond donors (Lipinski definition) is 1. The Morgan fingerprint density at radius 3 is 2.54 bits per heavy atom. The first kappa shape index (κ1) is 19.8. The summed E-state index contributed by atoms with van der Waals surface area (Å²) in [6.45, 7) is 0. The number of amides is 2. The molecule has 28 heavy (non-hydrogen) atoms. The van der Waals surface area contributed by atoms with Crippen LogP contribution >= 0.6 is 24.0 Å². The molecule has 0 bridgehead atoms. The number of carbonyl (C=O) groups is 2. The van der Waals surface area contributed by atoms with Gasteiger partial charge in [-0.15, -0.1) is 0 Å². The molecule has 1 heterocycles. The van der Waals surface area contributed by atoms with Gasteiger partial charge in [0.05, 0.1) is 19.1 Å². The van der Waals surface area contributed by atoms with E-state index in [-0.39, 0.29) is 9.88 Å². The Balaban J connectivity index is 1.83. The molecule has 144 valence electrons. The summed E-state index contributed by atoms with van der Waals surface area (Å²) in [6, 6.07) is 10.2. The zero-order valence-electron chi connectivity index (χ0n) is 14.9. The lowest BCUT2D eigenvalue weighted by Gasteiger charge is -2.15. The molecule has 0 spiro atoms. The first-order valence-corrected chi connectivity index (χ1v) is 9.22. The van der Waals surface area contributed by atoms with Gasteiger partial charge in [-0.1, -0.05) is 23.9 Å². The minimum Gasteiger partial charge on any atom is -0.493 e. The van der Waals surface area contributed by atoms with Crippen LogP contribution in [0.15, 0.2) is 47.4 Å². The molecule has 2 aromatic carbocycles. The van der Waals surface area contributed by atoms with Gasteiger partial charge in [0.15, 0.2) is 15.8 Å². The highest BCUT2D eigenvalue weighted by Crippen LogP contribution is 2.36. The smallest absolute Gasteiger partial charge is 0.285 e. The average molecular weight is 418 g/mol. The molecule has 9 heteroatoms. The van der Waals surface area contributed by atoms with Crippen LogP contribution in [0.1, 0.15) is 15.9 Å². The standard InChI is InChI=1S/C19H15FN2O4S2/c1-25-14-5-3-4-12(16(14)26-2)10-15-18(24)22(19(27)28-15)21-17(23)11-6-8-13(20)9-7-11/h3-10H,1-2H3,(H,21,23)/b15-10+. The monoisotopic (exact) mass is 418 g/mol. The van der Waals surface area contributed by atoms with Crippen LogP contribution in [0.5, 0.6) is 11.5 Å². The number of rotatable bonds is 5. The van der Waals surface area contributed by atoms with Crippen molar-refractivity contribution in [2.45, 2.75) is 0 Å². The Kier molecular flexibility index (Phi) is 5.96. The van der Waals surface area contributed by atoms with Crippen LogP contribution in [0, 0.1) is 5.82 Å². The van der Waals surface area contributed by atoms with E-state index in [4.69, 9.17) is 21.7 Å². The van der Waals surface area contributed by atoms with Crippen molar-refractivity contribution in [2.75, 3.05) is 14.2 Å². The number of methoxy groups -OCH3 is 2. The summed E-state index contributed by atoms with van der Waals surface area (Å²) in [7, 11) is 3.02. The number of nitrogens with zero attached hydrogens (tertiary/aromatic N) is 1. The number of ether oxygens (including phenoxy) is 2. The fourth-order valence-corrected chi connectivity index (χ4v) is 3.67. The quantitative estimate of drug-likeness (QED) is 0.593. The highest BCUT2D eigenvalue weighted by molar-refractivity contribution is 8.26. The summed E-state index contributed by atoms with van der Waals surface area (Å²) >= 11 is 6.25. The molecule has 1 aliphatic rings. The van der Waals surface area contributed by atoms with Crippen LogP contribution < -0.4 is 14.9 Å². The lowest BCUT2D eigenvalue weighted by Crippen LogP contribution is -2.44. The van der Waals surface area contributed by atoms with Crippen molar-refractivity contribution in [3.05, 3.63) is 64.3 Å². The molecule has 2 aromatic rings. The van der Waals surface area contributed by atoms with Crippen molar-refractivity contribution in [3.63, 3.8) is 0 Å². The van der Waals surface area contributed by atoms with E-state index in [9.17, 15) is 14.0 Å². The molecule has 0 radical (unpaired) electrons. The molecule has 1 N–H and O–H groups in total. The van der Waals surface area contributed by atoms with Gasteiger partial charge in [-0.2, -0.15) is 5.01 Å². The summed E-state index contributed by atoms with van der Waals surface area (Å²) in [5.41, 5.74) is 3.28. The summed E-state index contributed by atoms with van der Waals surface area (Å²) in [6.07, 6.45) is 1.62. The molecule has 0 aromatic heterocycles. The van der Waals surface area contributed by atoms with E-state index in [1.165, 1.54) is 26.4 Å². The molecular weight excluding hydrogens is 403 g/mol. The predicted octanol–water partition coefficient (Wildman–Crippen LogP) is 3.39. The second kappa shape index (κ2) is 8.41. The summed E-state index contributed by atoms with van der Waals surface area (Å²) in [5.74, 6) is -0.508. The second-order valence-corrected chi connectivity index (χ2v) is 7.22. The second-order valence-electron chi connectivity index (χ2n) is 5.55. The van der Waals surface area contributed by atoms with Gasteiger partial charge < -0.3 is 9.47 Å². The van der Waals surface area contributed by atoms with Crippen molar-refractivity contribution in [2.24, 2.45) is 0 Å². The lowest BCUT2D eigenvalue weighted by atomic mass is 10.1. The van der Waals surface area contributed by atoms with E-state index < -0.39 is 17.6 Å². The molecule has 1 saturated heterocycles. The van der Waals surface area contributed by atoms with Crippen LogP contribution in [-0.4, -0.2) is 35.4 Å². The maximum absolute atomic E-state index is 13.0. The maximum Gasteiger partial charge on any atom is 0.285 e. The van der Waals surface area contributed by atoms with Gasteiger partial charge in [-0.25, -0.2) is 4.39 Å². The summed E-state index contributed by atoms with van der Waals surface area (Å²) in [5, 5.41) is 0.990. The predicted molar refractivity (Wildman–Crippen MR) is 108 cm³/mol. The Morgan fingerprint density at radius 2 is 1.89 bits per heavy atom. The van der Waals surface area contributed by atoms with Gasteiger partial charge >= 0.3 is 0 Å². The number of halogens is 1. The fraction of sp³-hybridized carbons (Fsp3) is 0.105. The number of hydrazine groups is 1. The van der Waals surface area contributed by atoms with Gasteiger partial charge in [0.2, 0.25) is 0 Å². The molecule has 1 aliphatic heterocycles. The normalized spacial score (nSPS) is 15.1. The number of nitrogens with one attached hydrogen (secondary N) is 1.